The molecule has 4 nitrogen and oxygen atoms in total. The Balaban J connectivity index is 2.05. The summed E-state index contributed by atoms with van der Waals surface area (Å²) in [6.45, 7) is 7.15. The van der Waals surface area contributed by atoms with Crippen molar-refractivity contribution < 1.29 is 9.84 Å². The van der Waals surface area contributed by atoms with E-state index in [4.69, 9.17) is 4.74 Å². The molecule has 1 aliphatic rings. The van der Waals surface area contributed by atoms with E-state index in [1.54, 1.807) is 7.11 Å². The van der Waals surface area contributed by atoms with Gasteiger partial charge < -0.3 is 20.1 Å². The zero-order valence-electron chi connectivity index (χ0n) is 11.2. The number of nitrogens with one attached hydrogen (secondary N) is 1. The van der Waals surface area contributed by atoms with Gasteiger partial charge in [0.15, 0.2) is 0 Å². The van der Waals surface area contributed by atoms with E-state index in [2.05, 4.69) is 10.2 Å². The standard InChI is InChI=1S/C14H22N2O2/c1-11-3-4-13(18-2)12(14(11)17)5-8-16-9-6-15-7-10-16/h3-4,15,17H,5-10H2,1-2H3. The molecule has 2 rings (SSSR count). The fourth-order valence-corrected chi connectivity index (χ4v) is 2.37. The first-order valence-corrected chi connectivity index (χ1v) is 6.51. The summed E-state index contributed by atoms with van der Waals surface area (Å²) in [4.78, 5) is 2.41. The van der Waals surface area contributed by atoms with Crippen LogP contribution in [0.15, 0.2) is 12.1 Å². The lowest BCUT2D eigenvalue weighted by atomic mass is 10.0. The van der Waals surface area contributed by atoms with Gasteiger partial charge in [-0.1, -0.05) is 6.07 Å². The topological polar surface area (TPSA) is 44.7 Å². The summed E-state index contributed by atoms with van der Waals surface area (Å²) in [5, 5.41) is 13.5. The van der Waals surface area contributed by atoms with Gasteiger partial charge >= 0.3 is 0 Å². The summed E-state index contributed by atoms with van der Waals surface area (Å²) in [7, 11) is 1.65. The summed E-state index contributed by atoms with van der Waals surface area (Å²) in [6, 6.07) is 3.82. The van der Waals surface area contributed by atoms with Crippen molar-refractivity contribution in [2.45, 2.75) is 13.3 Å². The molecule has 0 aromatic heterocycles. The van der Waals surface area contributed by atoms with Crippen LogP contribution in [0.3, 0.4) is 0 Å². The Morgan fingerprint density at radius 2 is 2.06 bits per heavy atom. The number of aryl methyl sites for hydroxylation is 1. The third-order valence-electron chi connectivity index (χ3n) is 3.55. The van der Waals surface area contributed by atoms with E-state index in [-0.39, 0.29) is 0 Å². The minimum Gasteiger partial charge on any atom is -0.507 e. The average Bonchev–Trinajstić information content (AvgIpc) is 2.41. The van der Waals surface area contributed by atoms with Crippen molar-refractivity contribution in [3.63, 3.8) is 0 Å². The number of hydrogen-bond donors (Lipinski definition) is 2. The fourth-order valence-electron chi connectivity index (χ4n) is 2.37. The zero-order chi connectivity index (χ0) is 13.0. The first-order chi connectivity index (χ1) is 8.72. The van der Waals surface area contributed by atoms with Crippen LogP contribution in [-0.4, -0.2) is 49.8 Å². The van der Waals surface area contributed by atoms with Crippen molar-refractivity contribution >= 4 is 0 Å². The van der Waals surface area contributed by atoms with E-state index in [9.17, 15) is 5.11 Å². The highest BCUT2D eigenvalue weighted by Gasteiger charge is 2.14. The van der Waals surface area contributed by atoms with Gasteiger partial charge in [-0.05, 0) is 25.0 Å². The van der Waals surface area contributed by atoms with E-state index in [0.29, 0.717) is 5.75 Å². The Labute approximate surface area is 109 Å². The molecule has 100 valence electrons. The van der Waals surface area contributed by atoms with Crippen molar-refractivity contribution in [3.8, 4) is 11.5 Å². The Hall–Kier alpha value is -1.26. The fraction of sp³-hybridized carbons (Fsp3) is 0.571. The van der Waals surface area contributed by atoms with Crippen molar-refractivity contribution in [1.82, 2.24) is 10.2 Å². The van der Waals surface area contributed by atoms with Crippen LogP contribution < -0.4 is 10.1 Å². The number of nitrogens with zero attached hydrogens (tertiary/aromatic N) is 1. The molecule has 1 aromatic rings. The maximum absolute atomic E-state index is 10.1. The number of rotatable bonds is 4. The molecule has 1 aromatic carbocycles. The highest BCUT2D eigenvalue weighted by molar-refractivity contribution is 5.48. The van der Waals surface area contributed by atoms with Gasteiger partial charge in [-0.3, -0.25) is 0 Å². The maximum Gasteiger partial charge on any atom is 0.125 e. The molecular weight excluding hydrogens is 228 g/mol. The second kappa shape index (κ2) is 6.07. The van der Waals surface area contributed by atoms with Gasteiger partial charge in [0.2, 0.25) is 0 Å². The minimum atomic E-state index is 0.379. The van der Waals surface area contributed by atoms with E-state index < -0.39 is 0 Å². The Bertz CT molecular complexity index is 401. The van der Waals surface area contributed by atoms with Crippen molar-refractivity contribution in [2.24, 2.45) is 0 Å². The second-order valence-corrected chi connectivity index (χ2v) is 4.75. The smallest absolute Gasteiger partial charge is 0.125 e. The molecule has 0 radical (unpaired) electrons. The SMILES string of the molecule is COc1ccc(C)c(O)c1CCN1CCNCC1. The molecule has 0 amide bonds. The molecule has 0 unspecified atom stereocenters. The van der Waals surface area contributed by atoms with Gasteiger partial charge in [0.1, 0.15) is 11.5 Å². The largest absolute Gasteiger partial charge is 0.507 e. The Kier molecular flexibility index (Phi) is 4.44. The molecule has 2 N–H and O–H groups in total. The lowest BCUT2D eigenvalue weighted by Crippen LogP contribution is -2.44. The van der Waals surface area contributed by atoms with E-state index in [1.165, 1.54) is 0 Å². The van der Waals surface area contributed by atoms with Crippen LogP contribution in [-0.2, 0) is 6.42 Å². The number of phenolic OH excluding ortho intramolecular Hbond substituents is 1. The molecule has 1 heterocycles. The van der Waals surface area contributed by atoms with E-state index in [0.717, 1.165) is 56.0 Å². The molecule has 0 atom stereocenters. The van der Waals surface area contributed by atoms with E-state index >= 15 is 0 Å². The van der Waals surface area contributed by atoms with Crippen LogP contribution in [0.25, 0.3) is 0 Å². The van der Waals surface area contributed by atoms with Gasteiger partial charge in [0, 0.05) is 38.3 Å². The first-order valence-electron chi connectivity index (χ1n) is 6.51. The number of hydrogen-bond acceptors (Lipinski definition) is 4. The molecule has 1 saturated heterocycles. The predicted octanol–water partition coefficient (Wildman–Crippen LogP) is 1.16. The monoisotopic (exact) mass is 250 g/mol. The third-order valence-corrected chi connectivity index (χ3v) is 3.55. The maximum atomic E-state index is 10.1. The summed E-state index contributed by atoms with van der Waals surface area (Å²) in [5.74, 6) is 1.16. The molecule has 1 fully saturated rings. The first kappa shape index (κ1) is 13.2. The molecule has 0 bridgehead atoms. The summed E-state index contributed by atoms with van der Waals surface area (Å²) in [5.41, 5.74) is 1.84. The van der Waals surface area contributed by atoms with Crippen LogP contribution >= 0.6 is 0 Å². The number of piperazine rings is 1. The molecule has 0 spiro atoms. The number of phenols is 1. The van der Waals surface area contributed by atoms with Crippen molar-refractivity contribution in [1.29, 1.82) is 0 Å². The highest BCUT2D eigenvalue weighted by Crippen LogP contribution is 2.31. The molecule has 4 heteroatoms. The van der Waals surface area contributed by atoms with Crippen LogP contribution in [0.2, 0.25) is 0 Å². The van der Waals surface area contributed by atoms with Gasteiger partial charge in [-0.2, -0.15) is 0 Å². The molecule has 0 aliphatic carbocycles. The molecule has 1 aliphatic heterocycles. The zero-order valence-corrected chi connectivity index (χ0v) is 11.2. The van der Waals surface area contributed by atoms with E-state index in [1.807, 2.05) is 19.1 Å². The predicted molar refractivity (Wildman–Crippen MR) is 72.4 cm³/mol. The summed E-state index contributed by atoms with van der Waals surface area (Å²) >= 11 is 0. The summed E-state index contributed by atoms with van der Waals surface area (Å²) in [6.07, 6.45) is 0.830. The highest BCUT2D eigenvalue weighted by atomic mass is 16.5. The quantitative estimate of drug-likeness (QED) is 0.841. The number of ether oxygens (including phenoxy) is 1. The summed E-state index contributed by atoms with van der Waals surface area (Å²) < 4.78 is 5.33. The van der Waals surface area contributed by atoms with Crippen LogP contribution in [0, 0.1) is 6.92 Å². The number of aromatic hydroxyl groups is 1. The Morgan fingerprint density at radius 3 is 2.72 bits per heavy atom. The number of methoxy groups -OCH3 is 1. The second-order valence-electron chi connectivity index (χ2n) is 4.75. The minimum absolute atomic E-state index is 0.379. The van der Waals surface area contributed by atoms with Crippen LogP contribution in [0.5, 0.6) is 11.5 Å². The van der Waals surface area contributed by atoms with Gasteiger partial charge in [-0.15, -0.1) is 0 Å². The van der Waals surface area contributed by atoms with Crippen molar-refractivity contribution in [2.75, 3.05) is 39.8 Å². The van der Waals surface area contributed by atoms with Gasteiger partial charge in [0.25, 0.3) is 0 Å². The third kappa shape index (κ3) is 2.94. The molecule has 18 heavy (non-hydrogen) atoms. The van der Waals surface area contributed by atoms with Crippen LogP contribution in [0.1, 0.15) is 11.1 Å². The van der Waals surface area contributed by atoms with Gasteiger partial charge in [0.05, 0.1) is 7.11 Å². The average molecular weight is 250 g/mol. The normalized spacial score (nSPS) is 16.8. The molecular formula is C14H22N2O2. The van der Waals surface area contributed by atoms with Gasteiger partial charge in [-0.25, -0.2) is 0 Å². The van der Waals surface area contributed by atoms with Crippen LogP contribution in [0.4, 0.5) is 0 Å². The molecule has 0 saturated carbocycles. The number of benzene rings is 1. The lowest BCUT2D eigenvalue weighted by Gasteiger charge is -2.27. The lowest BCUT2D eigenvalue weighted by molar-refractivity contribution is 0.242. The van der Waals surface area contributed by atoms with Crippen molar-refractivity contribution in [3.05, 3.63) is 23.3 Å². The Morgan fingerprint density at radius 1 is 1.33 bits per heavy atom.